The van der Waals surface area contributed by atoms with E-state index in [1.54, 1.807) is 0 Å². The van der Waals surface area contributed by atoms with Gasteiger partial charge in [0, 0.05) is 5.69 Å². The zero-order valence-corrected chi connectivity index (χ0v) is 6.91. The predicted molar refractivity (Wildman–Crippen MR) is 49.0 cm³/mol. The monoisotopic (exact) mass is 183 g/mol. The molecule has 0 aromatic heterocycles. The van der Waals surface area contributed by atoms with Crippen molar-refractivity contribution >= 4 is 30.5 Å². The van der Waals surface area contributed by atoms with Gasteiger partial charge >= 0.3 is 0 Å². The zero-order chi connectivity index (χ0) is 5.11. The number of rotatable bonds is 0. The zero-order valence-electron chi connectivity index (χ0n) is 5.28. The molecule has 60 valence electrons. The van der Waals surface area contributed by atoms with Crippen LogP contribution in [0.1, 0.15) is 0 Å². The molecule has 10 heavy (non-hydrogen) atoms. The highest BCUT2D eigenvalue weighted by Crippen LogP contribution is 1.95. The summed E-state index contributed by atoms with van der Waals surface area (Å²) in [5, 5.41) is 0. The molecular formula is C6H11Cl2NO. The Morgan fingerprint density at radius 2 is 1.30 bits per heavy atom. The fraction of sp³-hybridized carbons (Fsp3) is 0. The second-order valence-electron chi connectivity index (χ2n) is 1.41. The molecule has 1 aromatic carbocycles. The van der Waals surface area contributed by atoms with Crippen molar-refractivity contribution in [3.63, 3.8) is 0 Å². The van der Waals surface area contributed by atoms with E-state index in [0.717, 1.165) is 5.69 Å². The lowest BCUT2D eigenvalue weighted by Gasteiger charge is -1.83. The highest BCUT2D eigenvalue weighted by molar-refractivity contribution is 5.85. The summed E-state index contributed by atoms with van der Waals surface area (Å²) in [5.74, 6) is 0. The van der Waals surface area contributed by atoms with Crippen LogP contribution in [0.3, 0.4) is 0 Å². The van der Waals surface area contributed by atoms with E-state index in [4.69, 9.17) is 5.73 Å². The Morgan fingerprint density at radius 3 is 1.50 bits per heavy atom. The van der Waals surface area contributed by atoms with Crippen molar-refractivity contribution in [3.05, 3.63) is 30.3 Å². The molecule has 4 N–H and O–H groups in total. The molecule has 0 bridgehead atoms. The SMILES string of the molecule is Cl.Cl.Nc1ccccc1.O. The Morgan fingerprint density at radius 1 is 0.900 bits per heavy atom. The fourth-order valence-electron chi connectivity index (χ4n) is 0.453. The third-order valence-corrected chi connectivity index (χ3v) is 0.800. The molecule has 2 nitrogen and oxygen atoms in total. The number of para-hydroxylation sites is 1. The molecule has 0 radical (unpaired) electrons. The lowest BCUT2D eigenvalue weighted by Crippen LogP contribution is -1.79. The lowest BCUT2D eigenvalue weighted by molar-refractivity contribution is 0.824. The maximum atomic E-state index is 5.36. The third-order valence-electron chi connectivity index (χ3n) is 0.800. The summed E-state index contributed by atoms with van der Waals surface area (Å²) in [6, 6.07) is 9.49. The molecular weight excluding hydrogens is 173 g/mol. The molecule has 1 rings (SSSR count). The van der Waals surface area contributed by atoms with Crippen molar-refractivity contribution in [1.29, 1.82) is 0 Å². The van der Waals surface area contributed by atoms with Crippen LogP contribution in [0.15, 0.2) is 30.3 Å². The molecule has 4 heteroatoms. The van der Waals surface area contributed by atoms with E-state index >= 15 is 0 Å². The van der Waals surface area contributed by atoms with E-state index in [2.05, 4.69) is 0 Å². The molecule has 1 aromatic rings. The first-order chi connectivity index (χ1) is 3.39. The van der Waals surface area contributed by atoms with Crippen LogP contribution in [0.25, 0.3) is 0 Å². The van der Waals surface area contributed by atoms with Gasteiger partial charge in [-0.15, -0.1) is 24.8 Å². The van der Waals surface area contributed by atoms with Crippen molar-refractivity contribution in [2.24, 2.45) is 0 Å². The predicted octanol–water partition coefficient (Wildman–Crippen LogP) is 1.29. The molecule has 0 aliphatic rings. The van der Waals surface area contributed by atoms with Gasteiger partial charge in [0.15, 0.2) is 0 Å². The average Bonchev–Trinajstić information content (AvgIpc) is 1.69. The smallest absolute Gasteiger partial charge is 0.0313 e. The molecule has 0 amide bonds. The van der Waals surface area contributed by atoms with Gasteiger partial charge in [0.2, 0.25) is 0 Å². The van der Waals surface area contributed by atoms with Crippen LogP contribution in [0.4, 0.5) is 5.69 Å². The first-order valence-electron chi connectivity index (χ1n) is 2.20. The van der Waals surface area contributed by atoms with Gasteiger partial charge in [-0.3, -0.25) is 0 Å². The van der Waals surface area contributed by atoms with E-state index in [-0.39, 0.29) is 30.3 Å². The molecule has 0 saturated carbocycles. The topological polar surface area (TPSA) is 57.5 Å². The summed E-state index contributed by atoms with van der Waals surface area (Å²) >= 11 is 0. The second kappa shape index (κ2) is 8.56. The van der Waals surface area contributed by atoms with Gasteiger partial charge in [0.1, 0.15) is 0 Å². The van der Waals surface area contributed by atoms with Crippen molar-refractivity contribution in [2.75, 3.05) is 5.73 Å². The minimum atomic E-state index is 0. The minimum Gasteiger partial charge on any atom is -0.412 e. The molecule has 0 saturated heterocycles. The summed E-state index contributed by atoms with van der Waals surface area (Å²) in [4.78, 5) is 0. The molecule has 0 unspecified atom stereocenters. The van der Waals surface area contributed by atoms with Gasteiger partial charge in [-0.1, -0.05) is 18.2 Å². The first-order valence-corrected chi connectivity index (χ1v) is 2.20. The summed E-state index contributed by atoms with van der Waals surface area (Å²) in [5.41, 5.74) is 6.18. The van der Waals surface area contributed by atoms with E-state index in [1.807, 2.05) is 30.3 Å². The van der Waals surface area contributed by atoms with Crippen LogP contribution >= 0.6 is 24.8 Å². The Bertz CT molecular complexity index is 146. The Labute approximate surface area is 72.6 Å². The molecule has 0 aliphatic carbocycles. The number of anilines is 1. The second-order valence-corrected chi connectivity index (χ2v) is 1.41. The van der Waals surface area contributed by atoms with Crippen molar-refractivity contribution in [1.82, 2.24) is 0 Å². The van der Waals surface area contributed by atoms with Gasteiger partial charge < -0.3 is 11.2 Å². The molecule has 0 fully saturated rings. The number of hydrogen-bond donors (Lipinski definition) is 1. The Hall–Kier alpha value is -0.440. The quantitative estimate of drug-likeness (QED) is 0.606. The molecule has 0 aliphatic heterocycles. The summed E-state index contributed by atoms with van der Waals surface area (Å²) in [6.07, 6.45) is 0. The van der Waals surface area contributed by atoms with Gasteiger partial charge in [-0.05, 0) is 12.1 Å². The van der Waals surface area contributed by atoms with Crippen LogP contribution < -0.4 is 5.73 Å². The molecule has 0 spiro atoms. The summed E-state index contributed by atoms with van der Waals surface area (Å²) in [7, 11) is 0. The standard InChI is InChI=1S/C6H7N.2ClH.H2O/c7-6-4-2-1-3-5-6;;;/h1-5H,7H2;2*1H;1H2. The summed E-state index contributed by atoms with van der Waals surface area (Å²) < 4.78 is 0. The normalized spacial score (nSPS) is 6.00. The van der Waals surface area contributed by atoms with Gasteiger partial charge in [0.05, 0.1) is 0 Å². The average molecular weight is 184 g/mol. The van der Waals surface area contributed by atoms with Crippen molar-refractivity contribution < 1.29 is 5.48 Å². The van der Waals surface area contributed by atoms with Crippen molar-refractivity contribution in [3.8, 4) is 0 Å². The van der Waals surface area contributed by atoms with Crippen molar-refractivity contribution in [2.45, 2.75) is 0 Å². The van der Waals surface area contributed by atoms with E-state index in [9.17, 15) is 0 Å². The number of benzene rings is 1. The maximum Gasteiger partial charge on any atom is 0.0313 e. The molecule has 0 atom stereocenters. The Kier molecular flexibility index (Phi) is 13.9. The van der Waals surface area contributed by atoms with Gasteiger partial charge in [-0.25, -0.2) is 0 Å². The van der Waals surface area contributed by atoms with Crippen LogP contribution in [-0.2, 0) is 0 Å². The number of nitrogen functional groups attached to an aromatic ring is 1. The fourth-order valence-corrected chi connectivity index (χ4v) is 0.453. The van der Waals surface area contributed by atoms with Crippen LogP contribution in [0, 0.1) is 0 Å². The Balaban J connectivity index is -0.000000163. The van der Waals surface area contributed by atoms with Gasteiger partial charge in [-0.2, -0.15) is 0 Å². The third kappa shape index (κ3) is 5.69. The highest BCUT2D eigenvalue weighted by Gasteiger charge is 1.72. The largest absolute Gasteiger partial charge is 0.412 e. The van der Waals surface area contributed by atoms with Gasteiger partial charge in [0.25, 0.3) is 0 Å². The molecule has 0 heterocycles. The first kappa shape index (κ1) is 16.3. The lowest BCUT2D eigenvalue weighted by atomic mass is 10.3. The van der Waals surface area contributed by atoms with E-state index in [1.165, 1.54) is 0 Å². The van der Waals surface area contributed by atoms with Crippen LogP contribution in [0.2, 0.25) is 0 Å². The van der Waals surface area contributed by atoms with Crippen LogP contribution in [-0.4, -0.2) is 5.48 Å². The summed E-state index contributed by atoms with van der Waals surface area (Å²) in [6.45, 7) is 0. The van der Waals surface area contributed by atoms with Crippen LogP contribution in [0.5, 0.6) is 0 Å². The number of nitrogens with two attached hydrogens (primary N) is 1. The van der Waals surface area contributed by atoms with E-state index in [0.29, 0.717) is 0 Å². The highest BCUT2D eigenvalue weighted by atomic mass is 35.5. The maximum absolute atomic E-state index is 5.36. The number of hydrogen-bond acceptors (Lipinski definition) is 1. The number of halogens is 2. The minimum absolute atomic E-state index is 0. The van der Waals surface area contributed by atoms with E-state index < -0.39 is 0 Å².